The average molecular weight is 314 g/mol. The van der Waals surface area contributed by atoms with Gasteiger partial charge in [0.05, 0.1) is 11.1 Å². The third kappa shape index (κ3) is 3.60. The minimum absolute atomic E-state index is 0.234. The van der Waals surface area contributed by atoms with Gasteiger partial charge in [-0.1, -0.05) is 12.1 Å². The molecule has 1 aliphatic rings. The first-order valence-electron chi connectivity index (χ1n) is 7.87. The Bertz CT molecular complexity index is 631. The zero-order chi connectivity index (χ0) is 16.1. The van der Waals surface area contributed by atoms with Crippen molar-refractivity contribution < 1.29 is 9.53 Å². The zero-order valence-corrected chi connectivity index (χ0v) is 13.1. The van der Waals surface area contributed by atoms with Gasteiger partial charge in [-0.15, -0.1) is 0 Å². The normalized spacial score (nSPS) is 17.0. The van der Waals surface area contributed by atoms with E-state index < -0.39 is 5.41 Å². The Kier molecular flexibility index (Phi) is 4.73. The summed E-state index contributed by atoms with van der Waals surface area (Å²) >= 11 is 0. The SMILES string of the molecule is NC(=O)C1(CNCc2ccc(-n3cccn3)cc2)CCOCC1. The number of amides is 1. The fourth-order valence-electron chi connectivity index (χ4n) is 2.91. The van der Waals surface area contributed by atoms with E-state index in [0.29, 0.717) is 39.1 Å². The molecule has 0 spiro atoms. The molecule has 0 unspecified atom stereocenters. The fourth-order valence-corrected chi connectivity index (χ4v) is 2.91. The molecule has 2 heterocycles. The van der Waals surface area contributed by atoms with Gasteiger partial charge in [0.2, 0.25) is 5.91 Å². The number of benzene rings is 1. The first-order chi connectivity index (χ1) is 11.2. The van der Waals surface area contributed by atoms with E-state index >= 15 is 0 Å². The standard InChI is InChI=1S/C17H22N4O2/c18-16(22)17(6-10-23-11-7-17)13-19-12-14-2-4-15(5-3-14)21-9-1-8-20-21/h1-5,8-9,19H,6-7,10-13H2,(H2,18,22). The lowest BCUT2D eigenvalue weighted by molar-refractivity contribution is -0.132. The third-order valence-corrected chi connectivity index (χ3v) is 4.47. The Labute approximate surface area is 135 Å². The van der Waals surface area contributed by atoms with Crippen molar-refractivity contribution in [3.05, 3.63) is 48.3 Å². The largest absolute Gasteiger partial charge is 0.381 e. The van der Waals surface area contributed by atoms with Crippen LogP contribution in [0.25, 0.3) is 5.69 Å². The van der Waals surface area contributed by atoms with E-state index in [0.717, 1.165) is 11.3 Å². The molecular formula is C17H22N4O2. The Hall–Kier alpha value is -2.18. The minimum atomic E-state index is -0.479. The van der Waals surface area contributed by atoms with Crippen LogP contribution in [-0.4, -0.2) is 35.4 Å². The van der Waals surface area contributed by atoms with Crippen LogP contribution < -0.4 is 11.1 Å². The Morgan fingerprint density at radius 2 is 2.04 bits per heavy atom. The average Bonchev–Trinajstić information content (AvgIpc) is 3.11. The lowest BCUT2D eigenvalue weighted by Gasteiger charge is -2.34. The number of primary amides is 1. The van der Waals surface area contributed by atoms with E-state index in [4.69, 9.17) is 10.5 Å². The van der Waals surface area contributed by atoms with Crippen LogP contribution >= 0.6 is 0 Å². The van der Waals surface area contributed by atoms with Crippen molar-refractivity contribution in [1.82, 2.24) is 15.1 Å². The molecule has 6 nitrogen and oxygen atoms in total. The quantitative estimate of drug-likeness (QED) is 0.840. The topological polar surface area (TPSA) is 82.2 Å². The smallest absolute Gasteiger partial charge is 0.225 e. The molecule has 2 aromatic rings. The highest BCUT2D eigenvalue weighted by Gasteiger charge is 2.37. The number of carbonyl (C=O) groups excluding carboxylic acids is 1. The first kappa shape index (κ1) is 15.7. The van der Waals surface area contributed by atoms with Gasteiger partial charge >= 0.3 is 0 Å². The lowest BCUT2D eigenvalue weighted by Crippen LogP contribution is -2.48. The minimum Gasteiger partial charge on any atom is -0.381 e. The molecule has 3 rings (SSSR count). The van der Waals surface area contributed by atoms with E-state index in [1.165, 1.54) is 0 Å². The molecule has 1 aromatic heterocycles. The second-order valence-electron chi connectivity index (χ2n) is 5.98. The van der Waals surface area contributed by atoms with Crippen molar-refractivity contribution in [2.75, 3.05) is 19.8 Å². The lowest BCUT2D eigenvalue weighted by atomic mass is 9.79. The summed E-state index contributed by atoms with van der Waals surface area (Å²) in [7, 11) is 0. The number of ether oxygens (including phenoxy) is 1. The van der Waals surface area contributed by atoms with Crippen molar-refractivity contribution in [2.45, 2.75) is 19.4 Å². The van der Waals surface area contributed by atoms with Crippen molar-refractivity contribution in [2.24, 2.45) is 11.1 Å². The molecule has 23 heavy (non-hydrogen) atoms. The third-order valence-electron chi connectivity index (χ3n) is 4.47. The highest BCUT2D eigenvalue weighted by atomic mass is 16.5. The highest BCUT2D eigenvalue weighted by molar-refractivity contribution is 5.81. The molecule has 1 fully saturated rings. The van der Waals surface area contributed by atoms with Gasteiger partial charge in [0, 0.05) is 38.7 Å². The second-order valence-corrected chi connectivity index (χ2v) is 5.98. The predicted octanol–water partition coefficient (Wildman–Crippen LogP) is 1.24. The summed E-state index contributed by atoms with van der Waals surface area (Å²) in [6, 6.07) is 10.1. The Morgan fingerprint density at radius 1 is 1.30 bits per heavy atom. The number of nitrogens with zero attached hydrogens (tertiary/aromatic N) is 2. The van der Waals surface area contributed by atoms with E-state index in [-0.39, 0.29) is 5.91 Å². The zero-order valence-electron chi connectivity index (χ0n) is 13.1. The van der Waals surface area contributed by atoms with Gasteiger partial charge < -0.3 is 15.8 Å². The summed E-state index contributed by atoms with van der Waals surface area (Å²) in [6.07, 6.45) is 5.04. The van der Waals surface area contributed by atoms with Crippen LogP contribution in [0, 0.1) is 5.41 Å². The molecule has 1 amide bonds. The molecule has 0 atom stereocenters. The molecule has 0 aliphatic carbocycles. The first-order valence-corrected chi connectivity index (χ1v) is 7.87. The number of hydrogen-bond acceptors (Lipinski definition) is 4. The van der Waals surface area contributed by atoms with Gasteiger partial charge in [-0.2, -0.15) is 5.10 Å². The van der Waals surface area contributed by atoms with Crippen LogP contribution in [-0.2, 0) is 16.1 Å². The molecule has 6 heteroatoms. The van der Waals surface area contributed by atoms with E-state index in [1.807, 2.05) is 29.1 Å². The van der Waals surface area contributed by atoms with Gasteiger partial charge in [0.25, 0.3) is 0 Å². The number of aromatic nitrogens is 2. The van der Waals surface area contributed by atoms with E-state index in [1.54, 1.807) is 6.20 Å². The van der Waals surface area contributed by atoms with E-state index in [9.17, 15) is 4.79 Å². The van der Waals surface area contributed by atoms with Crippen molar-refractivity contribution >= 4 is 5.91 Å². The van der Waals surface area contributed by atoms with Crippen molar-refractivity contribution in [3.8, 4) is 5.69 Å². The predicted molar refractivity (Wildman–Crippen MR) is 87.0 cm³/mol. The van der Waals surface area contributed by atoms with Crippen molar-refractivity contribution in [3.63, 3.8) is 0 Å². The van der Waals surface area contributed by atoms with E-state index in [2.05, 4.69) is 22.5 Å². The van der Waals surface area contributed by atoms with Crippen LogP contribution in [0.5, 0.6) is 0 Å². The molecule has 122 valence electrons. The summed E-state index contributed by atoms with van der Waals surface area (Å²) in [5.74, 6) is -0.234. The summed E-state index contributed by atoms with van der Waals surface area (Å²) in [4.78, 5) is 11.8. The maximum atomic E-state index is 11.8. The Morgan fingerprint density at radius 3 is 2.65 bits per heavy atom. The second kappa shape index (κ2) is 6.93. The fraction of sp³-hybridized carbons (Fsp3) is 0.412. The number of nitrogens with two attached hydrogens (primary N) is 1. The van der Waals surface area contributed by atoms with Gasteiger partial charge in [0.1, 0.15) is 0 Å². The number of rotatable bonds is 6. The number of hydrogen-bond donors (Lipinski definition) is 2. The Balaban J connectivity index is 1.56. The maximum Gasteiger partial charge on any atom is 0.225 e. The maximum absolute atomic E-state index is 11.8. The molecule has 3 N–H and O–H groups in total. The molecular weight excluding hydrogens is 292 g/mol. The highest BCUT2D eigenvalue weighted by Crippen LogP contribution is 2.29. The molecule has 1 aromatic carbocycles. The van der Waals surface area contributed by atoms with Crippen LogP contribution in [0.15, 0.2) is 42.7 Å². The molecule has 0 radical (unpaired) electrons. The summed E-state index contributed by atoms with van der Waals surface area (Å²) in [5.41, 5.74) is 7.32. The van der Waals surface area contributed by atoms with Gasteiger partial charge in [0.15, 0.2) is 0 Å². The summed E-state index contributed by atoms with van der Waals surface area (Å²) in [6.45, 7) is 2.49. The van der Waals surface area contributed by atoms with Gasteiger partial charge in [-0.05, 0) is 36.6 Å². The monoisotopic (exact) mass is 314 g/mol. The molecule has 1 saturated heterocycles. The molecule has 0 bridgehead atoms. The van der Waals surface area contributed by atoms with Gasteiger partial charge in [-0.25, -0.2) is 4.68 Å². The van der Waals surface area contributed by atoms with Gasteiger partial charge in [-0.3, -0.25) is 4.79 Å². The molecule has 0 saturated carbocycles. The van der Waals surface area contributed by atoms with Crippen LogP contribution in [0.1, 0.15) is 18.4 Å². The van der Waals surface area contributed by atoms with Crippen molar-refractivity contribution in [1.29, 1.82) is 0 Å². The number of carbonyl (C=O) groups is 1. The molecule has 1 aliphatic heterocycles. The summed E-state index contributed by atoms with van der Waals surface area (Å²) < 4.78 is 7.17. The van der Waals surface area contributed by atoms with Crippen LogP contribution in [0.4, 0.5) is 0 Å². The number of nitrogens with one attached hydrogen (secondary N) is 1. The van der Waals surface area contributed by atoms with Crippen LogP contribution in [0.3, 0.4) is 0 Å². The summed E-state index contributed by atoms with van der Waals surface area (Å²) in [5, 5.41) is 7.57. The van der Waals surface area contributed by atoms with Crippen LogP contribution in [0.2, 0.25) is 0 Å².